The highest BCUT2D eigenvalue weighted by Crippen LogP contribution is 2.24. The number of aromatic amines is 1. The van der Waals surface area contributed by atoms with E-state index in [2.05, 4.69) is 86.3 Å². The number of pyridine rings is 1. The van der Waals surface area contributed by atoms with Gasteiger partial charge in [0.05, 0.1) is 17.1 Å². The highest BCUT2D eigenvalue weighted by Gasteiger charge is 2.16. The van der Waals surface area contributed by atoms with Gasteiger partial charge in [-0.1, -0.05) is 64.8 Å². The molecule has 0 fully saturated rings. The molecule has 3 rings (SSSR count). The molecule has 214 valence electrons. The van der Waals surface area contributed by atoms with Crippen molar-refractivity contribution in [1.82, 2.24) is 15.0 Å². The topological polar surface area (TPSA) is 53.6 Å². The van der Waals surface area contributed by atoms with E-state index in [9.17, 15) is 0 Å². The van der Waals surface area contributed by atoms with Gasteiger partial charge in [0.15, 0.2) is 0 Å². The minimum absolute atomic E-state index is 0.0518. The molecule has 0 amide bonds. The summed E-state index contributed by atoms with van der Waals surface area (Å²) in [5.74, 6) is 3.73. The molecule has 2 aromatic heterocycles. The third-order valence-electron chi connectivity index (χ3n) is 6.94. The molecular weight excluding hydrogens is 508 g/mol. The summed E-state index contributed by atoms with van der Waals surface area (Å²) in [6.07, 6.45) is 16.4. The van der Waals surface area contributed by atoms with Crippen LogP contribution in [0.3, 0.4) is 0 Å². The van der Waals surface area contributed by atoms with Crippen LogP contribution in [0.1, 0.15) is 90.7 Å². The molecule has 1 aromatic carbocycles. The smallest absolute Gasteiger partial charge is 0.130 e. The Bertz CT molecular complexity index is 1290. The maximum absolute atomic E-state index is 4.87. The van der Waals surface area contributed by atoms with Crippen LogP contribution < -0.4 is 5.32 Å². The van der Waals surface area contributed by atoms with E-state index in [1.807, 2.05) is 49.0 Å². The molecule has 0 saturated carbocycles. The van der Waals surface area contributed by atoms with Crippen molar-refractivity contribution >= 4 is 28.6 Å². The number of imidazole rings is 1. The number of anilines is 1. The van der Waals surface area contributed by atoms with Crippen molar-refractivity contribution in [1.29, 1.82) is 0 Å². The lowest BCUT2D eigenvalue weighted by molar-refractivity contribution is 0.819. The van der Waals surface area contributed by atoms with Gasteiger partial charge >= 0.3 is 0 Å². The first kappa shape index (κ1) is 31.5. The fourth-order valence-corrected chi connectivity index (χ4v) is 5.52. The van der Waals surface area contributed by atoms with Crippen molar-refractivity contribution in [2.24, 2.45) is 0 Å². The zero-order chi connectivity index (χ0) is 28.7. The maximum Gasteiger partial charge on any atom is 0.130 e. The summed E-state index contributed by atoms with van der Waals surface area (Å²) in [4.78, 5) is 13.0. The molecule has 1 unspecified atom stereocenters. The van der Waals surface area contributed by atoms with E-state index in [-0.39, 0.29) is 6.04 Å². The number of thioether (sulfide) groups is 1. The molecule has 1 atom stereocenters. The van der Waals surface area contributed by atoms with Gasteiger partial charge in [-0.15, -0.1) is 0 Å². The predicted molar refractivity (Wildman–Crippen MR) is 177 cm³/mol. The van der Waals surface area contributed by atoms with Gasteiger partial charge < -0.3 is 10.3 Å². The number of hydrogen-bond donors (Lipinski definition) is 2. The fraction of sp³-hybridized carbons (Fsp3) is 0.429. The van der Waals surface area contributed by atoms with Gasteiger partial charge in [-0.3, -0.25) is 0 Å². The van der Waals surface area contributed by atoms with Crippen LogP contribution in [0.2, 0.25) is 0 Å². The molecule has 0 radical (unpaired) electrons. The van der Waals surface area contributed by atoms with Crippen molar-refractivity contribution in [2.75, 3.05) is 16.8 Å². The lowest BCUT2D eigenvalue weighted by atomic mass is 10.0. The van der Waals surface area contributed by atoms with Crippen LogP contribution in [0.4, 0.5) is 5.82 Å². The van der Waals surface area contributed by atoms with Crippen molar-refractivity contribution in [3.05, 3.63) is 101 Å². The van der Waals surface area contributed by atoms with Gasteiger partial charge in [-0.05, 0) is 104 Å². The Labute approximate surface area is 246 Å². The van der Waals surface area contributed by atoms with E-state index in [4.69, 9.17) is 4.98 Å². The highest BCUT2D eigenvalue weighted by atomic mass is 32.2. The fourth-order valence-electron chi connectivity index (χ4n) is 4.50. The van der Waals surface area contributed by atoms with Crippen LogP contribution in [-0.4, -0.2) is 26.5 Å². The quantitative estimate of drug-likeness (QED) is 0.136. The van der Waals surface area contributed by atoms with Gasteiger partial charge in [-0.2, -0.15) is 11.8 Å². The third-order valence-corrected chi connectivity index (χ3v) is 7.91. The van der Waals surface area contributed by atoms with Crippen molar-refractivity contribution in [2.45, 2.75) is 86.1 Å². The minimum atomic E-state index is 0.0518. The number of benzene rings is 1. The summed E-state index contributed by atoms with van der Waals surface area (Å²) in [6.45, 7) is 13.2. The van der Waals surface area contributed by atoms with Crippen LogP contribution >= 0.6 is 11.8 Å². The largest absolute Gasteiger partial charge is 0.359 e. The number of nitrogens with zero attached hydrogens (tertiary/aromatic N) is 2. The predicted octanol–water partition coefficient (Wildman–Crippen LogP) is 10.3. The maximum atomic E-state index is 4.87. The van der Waals surface area contributed by atoms with Crippen LogP contribution in [0.15, 0.2) is 89.1 Å². The van der Waals surface area contributed by atoms with Crippen LogP contribution in [0.25, 0.3) is 11.0 Å². The average molecular weight is 557 g/mol. The Balaban J connectivity index is 1.45. The van der Waals surface area contributed by atoms with Crippen LogP contribution in [0.5, 0.6) is 0 Å². The van der Waals surface area contributed by atoms with Crippen molar-refractivity contribution < 1.29 is 0 Å². The SMILES string of the molecule is CC(C)=CCC/C(C)=C/CC/C(C)=C/CC/C(C)=C/CSCC(Nc1cccc(C)n1)c1nc2ccccc2[nH]1. The number of allylic oxidation sites excluding steroid dienone is 7. The van der Waals surface area contributed by atoms with Crippen LogP contribution in [-0.2, 0) is 0 Å². The monoisotopic (exact) mass is 556 g/mol. The molecule has 2 heterocycles. The molecule has 0 aliphatic heterocycles. The zero-order valence-corrected chi connectivity index (χ0v) is 26.2. The Morgan fingerprint density at radius 1 is 0.800 bits per heavy atom. The van der Waals surface area contributed by atoms with Gasteiger partial charge in [0.25, 0.3) is 0 Å². The second-order valence-electron chi connectivity index (χ2n) is 11.1. The second-order valence-corrected chi connectivity index (χ2v) is 12.2. The van der Waals surface area contributed by atoms with Gasteiger partial charge in [0, 0.05) is 17.2 Å². The summed E-state index contributed by atoms with van der Waals surface area (Å²) < 4.78 is 0. The van der Waals surface area contributed by atoms with E-state index in [1.165, 1.54) is 28.7 Å². The van der Waals surface area contributed by atoms with E-state index >= 15 is 0 Å². The number of H-pyrrole nitrogens is 1. The van der Waals surface area contributed by atoms with Gasteiger partial charge in [0.1, 0.15) is 11.6 Å². The Morgan fingerprint density at radius 2 is 1.45 bits per heavy atom. The summed E-state index contributed by atoms with van der Waals surface area (Å²) in [5, 5.41) is 3.61. The number of nitrogens with one attached hydrogen (secondary N) is 2. The van der Waals surface area contributed by atoms with E-state index < -0.39 is 0 Å². The molecule has 0 bridgehead atoms. The number of rotatable bonds is 16. The molecule has 0 aliphatic carbocycles. The van der Waals surface area contributed by atoms with E-state index in [0.29, 0.717) is 0 Å². The number of para-hydroxylation sites is 2. The standard InChI is InChI=1S/C35H48N4S/c1-26(2)13-9-14-27(3)15-10-16-28(4)17-11-18-29(5)23-24-40-25-33(37-34-22-12-19-30(6)36-34)35-38-31-20-7-8-21-32(31)39-35/h7-8,12-13,15,17,19-23,33H,9-11,14,16,18,24-25H2,1-6H3,(H,36,37)(H,38,39)/b27-15+,28-17+,29-23+. The number of aromatic nitrogens is 3. The molecule has 3 aromatic rings. The molecule has 5 heteroatoms. The number of aryl methyl sites for hydroxylation is 1. The van der Waals surface area contributed by atoms with Gasteiger partial charge in [0.2, 0.25) is 0 Å². The molecular formula is C35H48N4S. The summed E-state index contributed by atoms with van der Waals surface area (Å²) in [7, 11) is 0. The minimum Gasteiger partial charge on any atom is -0.359 e. The van der Waals surface area contributed by atoms with Gasteiger partial charge in [-0.25, -0.2) is 9.97 Å². The third kappa shape index (κ3) is 11.6. The Kier molecular flexibility index (Phi) is 13.3. The Hall–Kier alpha value is -3.05. The molecule has 2 N–H and O–H groups in total. The zero-order valence-electron chi connectivity index (χ0n) is 25.4. The van der Waals surface area contributed by atoms with Crippen LogP contribution in [0, 0.1) is 6.92 Å². The first-order chi connectivity index (χ1) is 19.3. The lowest BCUT2D eigenvalue weighted by Gasteiger charge is -2.17. The molecule has 0 saturated heterocycles. The lowest BCUT2D eigenvalue weighted by Crippen LogP contribution is -2.16. The first-order valence-electron chi connectivity index (χ1n) is 14.6. The molecule has 4 nitrogen and oxygen atoms in total. The van der Waals surface area contributed by atoms with E-state index in [0.717, 1.165) is 72.0 Å². The molecule has 40 heavy (non-hydrogen) atoms. The first-order valence-corrected chi connectivity index (χ1v) is 15.8. The number of hydrogen-bond acceptors (Lipinski definition) is 4. The normalized spacial score (nSPS) is 13.5. The summed E-state index contributed by atoms with van der Waals surface area (Å²) in [6, 6.07) is 14.3. The molecule has 0 aliphatic rings. The highest BCUT2D eigenvalue weighted by molar-refractivity contribution is 7.99. The summed E-state index contributed by atoms with van der Waals surface area (Å²) in [5.41, 5.74) is 8.95. The second kappa shape index (κ2) is 16.9. The van der Waals surface area contributed by atoms with Crippen molar-refractivity contribution in [3.63, 3.8) is 0 Å². The average Bonchev–Trinajstić information content (AvgIpc) is 3.34. The summed E-state index contributed by atoms with van der Waals surface area (Å²) >= 11 is 1.93. The number of fused-ring (bicyclic) bond motifs is 1. The molecule has 0 spiro atoms. The Morgan fingerprint density at radius 3 is 2.10 bits per heavy atom. The van der Waals surface area contributed by atoms with Crippen molar-refractivity contribution in [3.8, 4) is 0 Å². The van der Waals surface area contributed by atoms with E-state index in [1.54, 1.807) is 0 Å².